The third-order valence-corrected chi connectivity index (χ3v) is 4.68. The van der Waals surface area contributed by atoms with E-state index >= 15 is 0 Å². The van der Waals surface area contributed by atoms with Gasteiger partial charge in [0.2, 0.25) is 0 Å². The van der Waals surface area contributed by atoms with Crippen molar-refractivity contribution in [1.82, 2.24) is 10.2 Å². The molecule has 1 saturated heterocycles. The minimum atomic E-state index is 0.651. The first kappa shape index (κ1) is 14.2. The highest BCUT2D eigenvalue weighted by Crippen LogP contribution is 2.30. The van der Waals surface area contributed by atoms with Crippen LogP contribution < -0.4 is 10.2 Å². The molecule has 0 bridgehead atoms. The van der Waals surface area contributed by atoms with Crippen LogP contribution in [0.15, 0.2) is 18.2 Å². The van der Waals surface area contributed by atoms with Crippen molar-refractivity contribution in [2.75, 3.05) is 32.1 Å². The van der Waals surface area contributed by atoms with Crippen LogP contribution in [0, 0.1) is 0 Å². The van der Waals surface area contributed by atoms with Gasteiger partial charge in [-0.25, -0.2) is 0 Å². The number of hydrogen-bond donors (Lipinski definition) is 1. The average Bonchev–Trinajstić information content (AvgIpc) is 3.11. The fraction of sp³-hybridized carbons (Fsp3) is 0.625. The third kappa shape index (κ3) is 3.27. The molecule has 3 rings (SSSR count). The lowest BCUT2D eigenvalue weighted by atomic mass is 10.1. The summed E-state index contributed by atoms with van der Waals surface area (Å²) in [6, 6.07) is 7.71. The van der Waals surface area contributed by atoms with Gasteiger partial charge in [-0.15, -0.1) is 0 Å². The van der Waals surface area contributed by atoms with Crippen LogP contribution in [-0.4, -0.2) is 44.2 Å². The molecular weight excluding hydrogens is 270 g/mol. The largest absolute Gasteiger partial charge is 0.370 e. The first-order valence-electron chi connectivity index (χ1n) is 7.56. The molecule has 1 aromatic carbocycles. The number of anilines is 1. The van der Waals surface area contributed by atoms with Gasteiger partial charge >= 0.3 is 0 Å². The highest BCUT2D eigenvalue weighted by molar-refractivity contribution is 6.30. The molecule has 3 nitrogen and oxygen atoms in total. The Kier molecular flexibility index (Phi) is 4.20. The predicted molar refractivity (Wildman–Crippen MR) is 85.6 cm³/mol. The number of benzene rings is 1. The van der Waals surface area contributed by atoms with Crippen LogP contribution >= 0.6 is 11.6 Å². The number of halogens is 1. The molecule has 0 aromatic heterocycles. The van der Waals surface area contributed by atoms with Crippen LogP contribution in [0.4, 0.5) is 5.69 Å². The average molecular weight is 294 g/mol. The standard InChI is InChI=1S/C16H24ClN3/c1-19(2)15-7-8-20(11-15)16-9-13(17)4-3-12(16)10-18-14-5-6-14/h3-4,9,14-15,18H,5-8,10-11H2,1-2H3. The number of rotatable bonds is 5. The van der Waals surface area contributed by atoms with Gasteiger partial charge in [0.15, 0.2) is 0 Å². The molecule has 20 heavy (non-hydrogen) atoms. The molecule has 0 radical (unpaired) electrons. The molecule has 0 amide bonds. The first-order valence-corrected chi connectivity index (χ1v) is 7.94. The Morgan fingerprint density at radius 1 is 1.30 bits per heavy atom. The molecule has 110 valence electrons. The van der Waals surface area contributed by atoms with Crippen molar-refractivity contribution < 1.29 is 0 Å². The number of nitrogens with zero attached hydrogens (tertiary/aromatic N) is 2. The zero-order valence-corrected chi connectivity index (χ0v) is 13.2. The summed E-state index contributed by atoms with van der Waals surface area (Å²) in [5.74, 6) is 0. The first-order chi connectivity index (χ1) is 9.63. The Bertz CT molecular complexity index is 471. The third-order valence-electron chi connectivity index (χ3n) is 4.44. The van der Waals surface area contributed by atoms with Gasteiger partial charge < -0.3 is 15.1 Å². The molecule has 1 atom stereocenters. The van der Waals surface area contributed by atoms with E-state index in [1.54, 1.807) is 0 Å². The van der Waals surface area contributed by atoms with Crippen LogP contribution in [-0.2, 0) is 6.54 Å². The van der Waals surface area contributed by atoms with Crippen LogP contribution in [0.1, 0.15) is 24.8 Å². The Balaban J connectivity index is 1.74. The lowest BCUT2D eigenvalue weighted by Gasteiger charge is -2.24. The van der Waals surface area contributed by atoms with E-state index in [2.05, 4.69) is 41.3 Å². The normalized spacial score (nSPS) is 22.8. The minimum absolute atomic E-state index is 0.651. The van der Waals surface area contributed by atoms with Crippen LogP contribution in [0.2, 0.25) is 5.02 Å². The van der Waals surface area contributed by atoms with Crippen molar-refractivity contribution in [2.24, 2.45) is 0 Å². The lowest BCUT2D eigenvalue weighted by Crippen LogP contribution is -2.32. The summed E-state index contributed by atoms with van der Waals surface area (Å²) in [7, 11) is 4.34. The summed E-state index contributed by atoms with van der Waals surface area (Å²) >= 11 is 6.21. The molecular formula is C16H24ClN3. The molecule has 1 aliphatic carbocycles. The van der Waals surface area contributed by atoms with Gasteiger partial charge in [-0.3, -0.25) is 0 Å². The number of likely N-dealkylation sites (N-methyl/N-ethyl adjacent to an activating group) is 1. The summed E-state index contributed by atoms with van der Waals surface area (Å²) in [6.07, 6.45) is 3.89. The quantitative estimate of drug-likeness (QED) is 0.900. The van der Waals surface area contributed by atoms with E-state index in [-0.39, 0.29) is 0 Å². The molecule has 4 heteroatoms. The Morgan fingerprint density at radius 3 is 2.75 bits per heavy atom. The summed E-state index contributed by atoms with van der Waals surface area (Å²) in [4.78, 5) is 4.81. The molecule has 1 aromatic rings. The summed E-state index contributed by atoms with van der Waals surface area (Å²) < 4.78 is 0. The fourth-order valence-electron chi connectivity index (χ4n) is 2.90. The second-order valence-electron chi connectivity index (χ2n) is 6.28. The van der Waals surface area contributed by atoms with Gasteiger partial charge in [0.1, 0.15) is 0 Å². The molecule has 0 spiro atoms. The smallest absolute Gasteiger partial charge is 0.0427 e. The summed E-state index contributed by atoms with van der Waals surface area (Å²) in [5.41, 5.74) is 2.69. The van der Waals surface area contributed by atoms with Crippen molar-refractivity contribution in [1.29, 1.82) is 0 Å². The Labute approximate surface area is 126 Å². The molecule has 2 fully saturated rings. The predicted octanol–water partition coefficient (Wildman–Crippen LogP) is 2.73. The molecule has 1 unspecified atom stereocenters. The second-order valence-corrected chi connectivity index (χ2v) is 6.72. The maximum absolute atomic E-state index is 6.21. The maximum Gasteiger partial charge on any atom is 0.0427 e. The second kappa shape index (κ2) is 5.92. The van der Waals surface area contributed by atoms with Gasteiger partial charge in [-0.1, -0.05) is 17.7 Å². The number of hydrogen-bond acceptors (Lipinski definition) is 3. The van der Waals surface area contributed by atoms with Gasteiger partial charge in [0.05, 0.1) is 0 Å². The van der Waals surface area contributed by atoms with Gasteiger partial charge in [0, 0.05) is 42.4 Å². The van der Waals surface area contributed by atoms with Crippen molar-refractivity contribution in [3.8, 4) is 0 Å². The highest BCUT2D eigenvalue weighted by Gasteiger charge is 2.26. The van der Waals surface area contributed by atoms with Crippen molar-refractivity contribution in [3.63, 3.8) is 0 Å². The van der Waals surface area contributed by atoms with Gasteiger partial charge in [-0.2, -0.15) is 0 Å². The van der Waals surface area contributed by atoms with E-state index < -0.39 is 0 Å². The van der Waals surface area contributed by atoms with Crippen molar-refractivity contribution in [3.05, 3.63) is 28.8 Å². The monoisotopic (exact) mass is 293 g/mol. The van der Waals surface area contributed by atoms with Crippen molar-refractivity contribution in [2.45, 2.75) is 37.9 Å². The lowest BCUT2D eigenvalue weighted by molar-refractivity contribution is 0.315. The van der Waals surface area contributed by atoms with E-state index in [9.17, 15) is 0 Å². The van der Waals surface area contributed by atoms with Crippen LogP contribution in [0.25, 0.3) is 0 Å². The van der Waals surface area contributed by atoms with Gasteiger partial charge in [-0.05, 0) is 51.1 Å². The van der Waals surface area contributed by atoms with Crippen LogP contribution in [0.3, 0.4) is 0 Å². The molecule has 1 saturated carbocycles. The fourth-order valence-corrected chi connectivity index (χ4v) is 3.07. The number of nitrogens with one attached hydrogen (secondary N) is 1. The zero-order valence-electron chi connectivity index (χ0n) is 12.4. The van der Waals surface area contributed by atoms with E-state index in [0.717, 1.165) is 30.7 Å². The van der Waals surface area contributed by atoms with Gasteiger partial charge in [0.25, 0.3) is 0 Å². The van der Waals surface area contributed by atoms with Crippen molar-refractivity contribution >= 4 is 17.3 Å². The highest BCUT2D eigenvalue weighted by atomic mass is 35.5. The molecule has 1 N–H and O–H groups in total. The van der Waals surface area contributed by atoms with E-state index in [1.807, 2.05) is 6.07 Å². The van der Waals surface area contributed by atoms with Crippen LogP contribution in [0.5, 0.6) is 0 Å². The SMILES string of the molecule is CN(C)C1CCN(c2cc(Cl)ccc2CNC2CC2)C1. The summed E-state index contributed by atoms with van der Waals surface area (Å²) in [6.45, 7) is 3.18. The minimum Gasteiger partial charge on any atom is -0.370 e. The Hall–Kier alpha value is -0.770. The van der Waals surface area contributed by atoms with E-state index in [0.29, 0.717) is 6.04 Å². The van der Waals surface area contributed by atoms with E-state index in [1.165, 1.54) is 30.5 Å². The zero-order chi connectivity index (χ0) is 14.1. The Morgan fingerprint density at radius 2 is 2.10 bits per heavy atom. The molecule has 1 heterocycles. The maximum atomic E-state index is 6.21. The van der Waals surface area contributed by atoms with E-state index in [4.69, 9.17) is 11.6 Å². The topological polar surface area (TPSA) is 18.5 Å². The summed E-state index contributed by atoms with van der Waals surface area (Å²) in [5, 5.41) is 4.45. The molecule has 1 aliphatic heterocycles. The molecule has 2 aliphatic rings.